The van der Waals surface area contributed by atoms with Crippen molar-refractivity contribution in [2.45, 2.75) is 48.8 Å². The van der Waals surface area contributed by atoms with Gasteiger partial charge in [-0.1, -0.05) is 35.9 Å². The molecule has 7 rings (SSSR count). The Hall–Kier alpha value is -3.08. The summed E-state index contributed by atoms with van der Waals surface area (Å²) in [6, 6.07) is 19.8. The molecule has 42 heavy (non-hydrogen) atoms. The molecule has 4 aliphatic carbocycles. The van der Waals surface area contributed by atoms with Crippen LogP contribution in [0.15, 0.2) is 77.7 Å². The molecule has 4 aliphatic rings. The van der Waals surface area contributed by atoms with Crippen LogP contribution in [0.2, 0.25) is 5.02 Å². The Kier molecular flexibility index (Phi) is 7.52. The molecule has 0 radical (unpaired) electrons. The van der Waals surface area contributed by atoms with E-state index in [0.29, 0.717) is 11.4 Å². The van der Waals surface area contributed by atoms with E-state index >= 15 is 0 Å². The molecule has 0 aromatic heterocycles. The first-order valence-corrected chi connectivity index (χ1v) is 17.9. The van der Waals surface area contributed by atoms with Gasteiger partial charge in [-0.05, 0) is 116 Å². The van der Waals surface area contributed by atoms with Crippen LogP contribution in [0, 0.1) is 17.8 Å². The molecule has 4 saturated carbocycles. The maximum absolute atomic E-state index is 12.9. The van der Waals surface area contributed by atoms with E-state index in [-0.39, 0.29) is 21.0 Å². The summed E-state index contributed by atoms with van der Waals surface area (Å²) in [5.74, 6) is 1.87. The number of hydrogen-bond acceptors (Lipinski definition) is 5. The maximum atomic E-state index is 12.9. The molecule has 0 heterocycles. The monoisotopic (exact) mass is 627 g/mol. The zero-order valence-electron chi connectivity index (χ0n) is 23.3. The summed E-state index contributed by atoms with van der Waals surface area (Å²) in [6.07, 6.45) is 8.79. The van der Waals surface area contributed by atoms with Crippen LogP contribution in [0.1, 0.15) is 44.1 Å². The number of carbonyl (C=O) groups is 1. The van der Waals surface area contributed by atoms with Gasteiger partial charge >= 0.3 is 0 Å². The van der Waals surface area contributed by atoms with E-state index in [1.54, 1.807) is 24.3 Å². The number of anilines is 3. The predicted molar refractivity (Wildman–Crippen MR) is 166 cm³/mol. The van der Waals surface area contributed by atoms with E-state index in [4.69, 9.17) is 11.6 Å². The molecule has 0 saturated heterocycles. The van der Waals surface area contributed by atoms with E-state index in [9.17, 15) is 21.6 Å². The minimum absolute atomic E-state index is 0.0164. The minimum Gasteiger partial charge on any atom is -0.325 e. The number of para-hydroxylation sites is 1. The maximum Gasteiger partial charge on any atom is 0.261 e. The molecule has 0 spiro atoms. The first-order chi connectivity index (χ1) is 19.9. The molecular weight excluding hydrogens is 594 g/mol. The number of nitrogens with zero attached hydrogens (tertiary/aromatic N) is 1. The number of benzene rings is 3. The Morgan fingerprint density at radius 1 is 0.857 bits per heavy atom. The summed E-state index contributed by atoms with van der Waals surface area (Å²) in [6.45, 7) is -0.413. The van der Waals surface area contributed by atoms with Crippen molar-refractivity contribution >= 4 is 54.6 Å². The summed E-state index contributed by atoms with van der Waals surface area (Å²) in [5.41, 5.74) is 2.50. The van der Waals surface area contributed by atoms with E-state index in [2.05, 4.69) is 10.0 Å². The first-order valence-electron chi connectivity index (χ1n) is 14.2. The number of hydrogen-bond donors (Lipinski definition) is 2. The lowest BCUT2D eigenvalue weighted by Crippen LogP contribution is -2.48. The van der Waals surface area contributed by atoms with E-state index in [0.717, 1.165) is 28.3 Å². The Morgan fingerprint density at radius 3 is 1.98 bits per heavy atom. The van der Waals surface area contributed by atoms with E-state index < -0.39 is 32.5 Å². The summed E-state index contributed by atoms with van der Waals surface area (Å²) < 4.78 is 54.5. The van der Waals surface area contributed by atoms with Crippen molar-refractivity contribution in [1.29, 1.82) is 0 Å². The van der Waals surface area contributed by atoms with E-state index in [1.165, 1.54) is 68.4 Å². The lowest BCUT2D eigenvalue weighted by Gasteiger charge is -2.57. The normalized spacial score (nSPS) is 24.8. The standard InChI is InChI=1S/C31H34ClN3O5S2/c1-41(37,38)35(26-10-6-24(7-11-26)31-17-21-14-22(18-31)16-23(15-21)19-31)20-30(36)33-25-8-12-27(13-9-25)42(39,40)34-29-5-3-2-4-28(29)32/h2-13,21-23,34H,14-20H2,1H3,(H,33,36). The van der Waals surface area contributed by atoms with Crippen LogP contribution < -0.4 is 14.3 Å². The quantitative estimate of drug-likeness (QED) is 0.302. The highest BCUT2D eigenvalue weighted by atomic mass is 35.5. The average Bonchev–Trinajstić information content (AvgIpc) is 2.92. The van der Waals surface area contributed by atoms with Gasteiger partial charge in [-0.25, -0.2) is 16.8 Å². The van der Waals surface area contributed by atoms with Crippen molar-refractivity contribution in [3.8, 4) is 0 Å². The minimum atomic E-state index is -3.91. The van der Waals surface area contributed by atoms with Crippen molar-refractivity contribution < 1.29 is 21.6 Å². The van der Waals surface area contributed by atoms with Crippen LogP contribution in [0.3, 0.4) is 0 Å². The van der Waals surface area contributed by atoms with Crippen LogP contribution in [0.5, 0.6) is 0 Å². The molecule has 222 valence electrons. The smallest absolute Gasteiger partial charge is 0.261 e. The van der Waals surface area contributed by atoms with Gasteiger partial charge in [0.1, 0.15) is 6.54 Å². The number of halogens is 1. The second-order valence-electron chi connectivity index (χ2n) is 12.2. The van der Waals surface area contributed by atoms with Crippen molar-refractivity contribution in [1.82, 2.24) is 0 Å². The number of sulfonamides is 2. The summed E-state index contributed by atoms with van der Waals surface area (Å²) in [5, 5.41) is 2.94. The highest BCUT2D eigenvalue weighted by Crippen LogP contribution is 2.60. The van der Waals surface area contributed by atoms with Crippen molar-refractivity contribution in [3.63, 3.8) is 0 Å². The van der Waals surface area contributed by atoms with Crippen LogP contribution in [-0.4, -0.2) is 35.5 Å². The van der Waals surface area contributed by atoms with Gasteiger partial charge in [0.25, 0.3) is 10.0 Å². The van der Waals surface area contributed by atoms with Crippen molar-refractivity contribution in [2.24, 2.45) is 17.8 Å². The molecular formula is C31H34ClN3O5S2. The predicted octanol–water partition coefficient (Wildman–Crippen LogP) is 6.01. The number of amides is 1. The Labute approximate surface area is 252 Å². The summed E-state index contributed by atoms with van der Waals surface area (Å²) in [4.78, 5) is 12.9. The molecule has 0 aliphatic heterocycles. The number of nitrogens with one attached hydrogen (secondary N) is 2. The summed E-state index contributed by atoms with van der Waals surface area (Å²) in [7, 11) is -7.66. The van der Waals surface area contributed by atoms with E-state index in [1.807, 2.05) is 24.3 Å². The SMILES string of the molecule is CS(=O)(=O)N(CC(=O)Nc1ccc(S(=O)(=O)Nc2ccccc2Cl)cc1)c1ccc(C23CC4CC(CC(C4)C2)C3)cc1. The Balaban J connectivity index is 1.13. The van der Waals surface area contributed by atoms with Gasteiger partial charge in [0.15, 0.2) is 0 Å². The summed E-state index contributed by atoms with van der Waals surface area (Å²) >= 11 is 6.07. The van der Waals surface area contributed by atoms with Gasteiger partial charge in [-0.2, -0.15) is 0 Å². The molecule has 4 fully saturated rings. The highest BCUT2D eigenvalue weighted by molar-refractivity contribution is 7.92. The fraction of sp³-hybridized carbons (Fsp3) is 0.387. The van der Waals surface area contributed by atoms with Gasteiger partial charge in [-0.15, -0.1) is 0 Å². The highest BCUT2D eigenvalue weighted by Gasteiger charge is 2.51. The fourth-order valence-electron chi connectivity index (χ4n) is 7.64. The van der Waals surface area contributed by atoms with Crippen LogP contribution in [0.4, 0.5) is 17.1 Å². The Bertz CT molecular complexity index is 1670. The van der Waals surface area contributed by atoms with Crippen LogP contribution in [-0.2, 0) is 30.3 Å². The number of carbonyl (C=O) groups excluding carboxylic acids is 1. The molecule has 0 unspecified atom stereocenters. The van der Waals surface area contributed by atoms with Gasteiger partial charge in [0, 0.05) is 5.69 Å². The van der Waals surface area contributed by atoms with Crippen LogP contribution >= 0.6 is 11.6 Å². The Morgan fingerprint density at radius 2 is 1.43 bits per heavy atom. The van der Waals surface area contributed by atoms with Crippen molar-refractivity contribution in [3.05, 3.63) is 83.4 Å². The first kappa shape index (κ1) is 29.0. The average molecular weight is 628 g/mol. The lowest BCUT2D eigenvalue weighted by molar-refractivity contribution is -0.114. The van der Waals surface area contributed by atoms with Gasteiger partial charge in [0.2, 0.25) is 15.9 Å². The van der Waals surface area contributed by atoms with Gasteiger partial charge in [0.05, 0.1) is 27.5 Å². The largest absolute Gasteiger partial charge is 0.325 e. The zero-order valence-corrected chi connectivity index (χ0v) is 25.7. The zero-order chi connectivity index (χ0) is 29.7. The van der Waals surface area contributed by atoms with Crippen molar-refractivity contribution in [2.75, 3.05) is 27.1 Å². The molecule has 11 heteroatoms. The van der Waals surface area contributed by atoms with Gasteiger partial charge < -0.3 is 5.32 Å². The fourth-order valence-corrected chi connectivity index (χ4v) is 9.82. The molecule has 1 amide bonds. The molecule has 2 N–H and O–H groups in total. The molecule has 0 atom stereocenters. The second kappa shape index (κ2) is 10.9. The van der Waals surface area contributed by atoms with Gasteiger partial charge in [-0.3, -0.25) is 13.8 Å². The third-order valence-corrected chi connectivity index (χ3v) is 11.9. The molecule has 4 bridgehead atoms. The second-order valence-corrected chi connectivity index (χ2v) is 16.2. The third kappa shape index (κ3) is 5.89. The topological polar surface area (TPSA) is 113 Å². The molecule has 8 nitrogen and oxygen atoms in total. The van der Waals surface area contributed by atoms with Crippen LogP contribution in [0.25, 0.3) is 0 Å². The lowest BCUT2D eigenvalue weighted by atomic mass is 9.48. The number of rotatable bonds is 9. The molecule has 3 aromatic rings. The molecule has 3 aromatic carbocycles. The third-order valence-electron chi connectivity index (χ3n) is 9.06.